The number of piperidine rings is 1. The number of nitrogens with zero attached hydrogens (tertiary/aromatic N) is 1. The van der Waals surface area contributed by atoms with Crippen LogP contribution in [0, 0.1) is 5.92 Å². The predicted octanol–water partition coefficient (Wildman–Crippen LogP) is 2.56. The third-order valence-electron chi connectivity index (χ3n) is 4.05. The Morgan fingerprint density at radius 2 is 1.87 bits per heavy atom. The topological polar surface area (TPSA) is 67.9 Å². The molecule has 1 N–H and O–H groups in total. The van der Waals surface area contributed by atoms with Gasteiger partial charge < -0.3 is 19.7 Å². The summed E-state index contributed by atoms with van der Waals surface area (Å²) in [6.07, 6.45) is 2.52. The molecule has 1 saturated heterocycles. The van der Waals surface area contributed by atoms with Crippen molar-refractivity contribution in [1.82, 2.24) is 10.2 Å². The van der Waals surface area contributed by atoms with Crippen LogP contribution in [0.2, 0.25) is 0 Å². The Morgan fingerprint density at radius 1 is 1.22 bits per heavy atom. The van der Waals surface area contributed by atoms with E-state index in [4.69, 9.17) is 9.47 Å². The average Bonchev–Trinajstić information content (AvgIpc) is 2.45. The normalized spacial score (nSPS) is 19.4. The number of methoxy groups -OCH3 is 1. The van der Waals surface area contributed by atoms with Crippen LogP contribution in [0.15, 0.2) is 0 Å². The average molecular weight is 328 g/mol. The molecule has 1 aliphatic rings. The van der Waals surface area contributed by atoms with Crippen molar-refractivity contribution in [3.05, 3.63) is 0 Å². The number of rotatable bonds is 5. The number of nitrogens with one attached hydrogen (secondary N) is 1. The van der Waals surface area contributed by atoms with Crippen LogP contribution in [0.5, 0.6) is 0 Å². The SMILES string of the molecule is COC(C)(C)C(=O)N1CCC[C@H](CCNC(=O)OC(C)(C)C)C1. The molecule has 6 nitrogen and oxygen atoms in total. The maximum absolute atomic E-state index is 12.4. The molecule has 0 aromatic rings. The summed E-state index contributed by atoms with van der Waals surface area (Å²) in [6, 6.07) is 0. The second kappa shape index (κ2) is 7.99. The Balaban J connectivity index is 2.39. The van der Waals surface area contributed by atoms with Gasteiger partial charge in [-0.3, -0.25) is 4.79 Å². The van der Waals surface area contributed by atoms with Gasteiger partial charge in [-0.15, -0.1) is 0 Å². The van der Waals surface area contributed by atoms with E-state index in [0.29, 0.717) is 12.5 Å². The molecule has 0 aromatic heterocycles. The van der Waals surface area contributed by atoms with Gasteiger partial charge in [-0.1, -0.05) is 0 Å². The molecule has 0 saturated carbocycles. The summed E-state index contributed by atoms with van der Waals surface area (Å²) < 4.78 is 10.5. The minimum absolute atomic E-state index is 0.0322. The van der Waals surface area contributed by atoms with E-state index in [1.807, 2.05) is 25.7 Å². The lowest BCUT2D eigenvalue weighted by atomic mass is 9.93. The van der Waals surface area contributed by atoms with Crippen LogP contribution in [0.3, 0.4) is 0 Å². The lowest BCUT2D eigenvalue weighted by Gasteiger charge is -2.37. The highest BCUT2D eigenvalue weighted by Gasteiger charge is 2.34. The first kappa shape index (κ1) is 19.7. The van der Waals surface area contributed by atoms with Gasteiger partial charge in [0.1, 0.15) is 11.2 Å². The van der Waals surface area contributed by atoms with E-state index < -0.39 is 11.2 Å². The fourth-order valence-corrected chi connectivity index (χ4v) is 2.65. The van der Waals surface area contributed by atoms with Crippen molar-refractivity contribution in [2.75, 3.05) is 26.7 Å². The second-order valence-corrected chi connectivity index (χ2v) is 7.69. The summed E-state index contributed by atoms with van der Waals surface area (Å²) in [7, 11) is 1.56. The quantitative estimate of drug-likeness (QED) is 0.842. The smallest absolute Gasteiger partial charge is 0.407 e. The summed E-state index contributed by atoms with van der Waals surface area (Å²) in [5.41, 5.74) is -1.26. The summed E-state index contributed by atoms with van der Waals surface area (Å²) in [6.45, 7) is 11.2. The van der Waals surface area contributed by atoms with E-state index in [1.54, 1.807) is 21.0 Å². The molecule has 0 bridgehead atoms. The number of carbonyl (C=O) groups excluding carboxylic acids is 2. The summed E-state index contributed by atoms with van der Waals surface area (Å²) >= 11 is 0. The molecule has 0 unspecified atom stereocenters. The molecular weight excluding hydrogens is 296 g/mol. The zero-order chi connectivity index (χ0) is 17.7. The van der Waals surface area contributed by atoms with Crippen molar-refractivity contribution in [2.45, 2.75) is 65.1 Å². The molecule has 6 heteroatoms. The molecule has 1 heterocycles. The van der Waals surface area contributed by atoms with Crippen molar-refractivity contribution >= 4 is 12.0 Å². The van der Waals surface area contributed by atoms with Gasteiger partial charge in [0.2, 0.25) is 0 Å². The third kappa shape index (κ3) is 6.77. The Hall–Kier alpha value is -1.30. The number of likely N-dealkylation sites (tertiary alicyclic amines) is 1. The summed E-state index contributed by atoms with van der Waals surface area (Å²) in [5.74, 6) is 0.431. The third-order valence-corrected chi connectivity index (χ3v) is 4.05. The van der Waals surface area contributed by atoms with E-state index in [1.165, 1.54) is 0 Å². The van der Waals surface area contributed by atoms with Crippen LogP contribution in [0.4, 0.5) is 4.79 Å². The number of ether oxygens (including phenoxy) is 2. The number of hydrogen-bond acceptors (Lipinski definition) is 4. The molecule has 1 rings (SSSR count). The van der Waals surface area contributed by atoms with E-state index in [0.717, 1.165) is 32.4 Å². The first-order chi connectivity index (χ1) is 10.5. The van der Waals surface area contributed by atoms with Gasteiger partial charge in [0.25, 0.3) is 5.91 Å². The fourth-order valence-electron chi connectivity index (χ4n) is 2.65. The lowest BCUT2D eigenvalue weighted by molar-refractivity contribution is -0.152. The maximum Gasteiger partial charge on any atom is 0.407 e. The largest absolute Gasteiger partial charge is 0.444 e. The van der Waals surface area contributed by atoms with Gasteiger partial charge in [0, 0.05) is 26.7 Å². The molecule has 0 radical (unpaired) electrons. The molecular formula is C17H32N2O4. The fraction of sp³-hybridized carbons (Fsp3) is 0.882. The first-order valence-corrected chi connectivity index (χ1v) is 8.36. The van der Waals surface area contributed by atoms with E-state index in [9.17, 15) is 9.59 Å². The van der Waals surface area contributed by atoms with Gasteiger partial charge in [-0.2, -0.15) is 0 Å². The number of amides is 2. The maximum atomic E-state index is 12.4. The zero-order valence-electron chi connectivity index (χ0n) is 15.4. The second-order valence-electron chi connectivity index (χ2n) is 7.69. The van der Waals surface area contributed by atoms with Crippen LogP contribution in [-0.4, -0.2) is 54.8 Å². The molecule has 1 aliphatic heterocycles. The van der Waals surface area contributed by atoms with Gasteiger partial charge in [0.05, 0.1) is 0 Å². The van der Waals surface area contributed by atoms with Crippen LogP contribution < -0.4 is 5.32 Å². The van der Waals surface area contributed by atoms with Crippen LogP contribution in [0.1, 0.15) is 53.9 Å². The number of carbonyl (C=O) groups is 2. The molecule has 0 aliphatic carbocycles. The number of alkyl carbamates (subject to hydrolysis) is 1. The lowest BCUT2D eigenvalue weighted by Crippen LogP contribution is -2.50. The first-order valence-electron chi connectivity index (χ1n) is 8.36. The van der Waals surface area contributed by atoms with E-state index in [2.05, 4.69) is 5.32 Å². The molecule has 1 fully saturated rings. The standard InChI is InChI=1S/C17H32N2O4/c1-16(2,3)23-15(21)18-10-9-13-8-7-11-19(12-13)14(20)17(4,5)22-6/h13H,7-12H2,1-6H3,(H,18,21)/t13-/m1/s1. The van der Waals surface area contributed by atoms with E-state index in [-0.39, 0.29) is 12.0 Å². The highest BCUT2D eigenvalue weighted by Crippen LogP contribution is 2.22. The summed E-state index contributed by atoms with van der Waals surface area (Å²) in [4.78, 5) is 26.0. The predicted molar refractivity (Wildman–Crippen MR) is 89.2 cm³/mol. The van der Waals surface area contributed by atoms with Crippen molar-refractivity contribution < 1.29 is 19.1 Å². The monoisotopic (exact) mass is 328 g/mol. The van der Waals surface area contributed by atoms with Gasteiger partial charge in [-0.05, 0) is 59.8 Å². The molecule has 23 heavy (non-hydrogen) atoms. The molecule has 2 amide bonds. The number of hydrogen-bond donors (Lipinski definition) is 1. The highest BCUT2D eigenvalue weighted by atomic mass is 16.6. The van der Waals surface area contributed by atoms with Crippen LogP contribution in [0.25, 0.3) is 0 Å². The Morgan fingerprint density at radius 3 is 2.43 bits per heavy atom. The van der Waals surface area contributed by atoms with Crippen LogP contribution in [-0.2, 0) is 14.3 Å². The zero-order valence-corrected chi connectivity index (χ0v) is 15.4. The molecule has 1 atom stereocenters. The van der Waals surface area contributed by atoms with Gasteiger partial charge >= 0.3 is 6.09 Å². The van der Waals surface area contributed by atoms with Crippen molar-refractivity contribution in [3.63, 3.8) is 0 Å². The molecule has 134 valence electrons. The van der Waals surface area contributed by atoms with Crippen LogP contribution >= 0.6 is 0 Å². The van der Waals surface area contributed by atoms with Gasteiger partial charge in [-0.25, -0.2) is 4.79 Å². The molecule has 0 spiro atoms. The Labute approximate surface area is 139 Å². The van der Waals surface area contributed by atoms with Gasteiger partial charge in [0.15, 0.2) is 0 Å². The Bertz CT molecular complexity index is 415. The summed E-state index contributed by atoms with van der Waals surface area (Å²) in [5, 5.41) is 2.78. The minimum Gasteiger partial charge on any atom is -0.444 e. The van der Waals surface area contributed by atoms with Crippen molar-refractivity contribution in [3.8, 4) is 0 Å². The highest BCUT2D eigenvalue weighted by molar-refractivity contribution is 5.84. The van der Waals surface area contributed by atoms with Crippen molar-refractivity contribution in [1.29, 1.82) is 0 Å². The minimum atomic E-state index is -0.781. The van der Waals surface area contributed by atoms with E-state index >= 15 is 0 Å². The molecule has 0 aromatic carbocycles. The van der Waals surface area contributed by atoms with Crippen molar-refractivity contribution in [2.24, 2.45) is 5.92 Å². The Kier molecular flexibility index (Phi) is 6.86.